The number of aromatic nitrogens is 2. The third-order valence-electron chi connectivity index (χ3n) is 5.24. The molecular weight excluding hydrogens is 341 g/mol. The molecule has 1 heterocycles. The van der Waals surface area contributed by atoms with Crippen LogP contribution >= 0.6 is 13.5 Å². The number of hydrogen-bond donors (Lipinski definition) is 2. The average molecular weight is 361 g/mol. The van der Waals surface area contributed by atoms with E-state index in [0.717, 1.165) is 24.4 Å². The van der Waals surface area contributed by atoms with Crippen LogP contribution in [0.25, 0.3) is 0 Å². The Morgan fingerprint density at radius 3 is 2.80 bits per heavy atom. The van der Waals surface area contributed by atoms with E-state index in [1.807, 2.05) is 0 Å². The smallest absolute Gasteiger partial charge is 0.258 e. The molecule has 1 fully saturated rings. The highest BCUT2D eigenvalue weighted by Gasteiger charge is 2.49. The van der Waals surface area contributed by atoms with E-state index in [4.69, 9.17) is 0 Å². The highest BCUT2D eigenvalue weighted by molar-refractivity contribution is 7.59. The number of hydroxylamine groups is 1. The lowest BCUT2D eigenvalue weighted by Crippen LogP contribution is -2.43. The minimum absolute atomic E-state index is 0. The molecule has 1 aromatic heterocycles. The quantitative estimate of drug-likeness (QED) is 0.651. The second-order valence-corrected chi connectivity index (χ2v) is 6.62. The second-order valence-electron chi connectivity index (χ2n) is 6.62. The zero-order valence-electron chi connectivity index (χ0n) is 13.8. The number of nitrogens with zero attached hydrogens (tertiary/aromatic N) is 2. The Labute approximate surface area is 152 Å². The number of halogens is 1. The van der Waals surface area contributed by atoms with E-state index < -0.39 is 11.3 Å². The summed E-state index contributed by atoms with van der Waals surface area (Å²) in [5.41, 5.74) is 3.04. The van der Waals surface area contributed by atoms with Crippen LogP contribution in [0.15, 0.2) is 24.4 Å². The van der Waals surface area contributed by atoms with Crippen molar-refractivity contribution in [2.24, 2.45) is 0 Å². The van der Waals surface area contributed by atoms with Crippen LogP contribution in [-0.4, -0.2) is 21.1 Å². The van der Waals surface area contributed by atoms with Crippen LogP contribution in [0.5, 0.6) is 0 Å². The van der Waals surface area contributed by atoms with E-state index in [2.05, 4.69) is 9.97 Å². The van der Waals surface area contributed by atoms with Gasteiger partial charge in [-0.3, -0.25) is 10.0 Å². The normalized spacial score (nSPS) is 21.4. The first-order valence-electron chi connectivity index (χ1n) is 8.14. The zero-order chi connectivity index (χ0) is 16.9. The lowest BCUT2D eigenvalue weighted by atomic mass is 9.73. The largest absolute Gasteiger partial charge is 0.289 e. The summed E-state index contributed by atoms with van der Waals surface area (Å²) in [6.45, 7) is 1.65. The minimum Gasteiger partial charge on any atom is -0.289 e. The first kappa shape index (κ1) is 17.8. The molecule has 1 amide bonds. The fraction of sp³-hybridized carbons (Fsp3) is 0.389. The van der Waals surface area contributed by atoms with E-state index in [0.29, 0.717) is 35.4 Å². The van der Waals surface area contributed by atoms with Crippen molar-refractivity contribution in [1.29, 1.82) is 0 Å². The Hall–Kier alpha value is -1.99. The van der Waals surface area contributed by atoms with Crippen molar-refractivity contribution in [3.8, 4) is 0 Å². The number of carbonyl (C=O) groups excluding carboxylic acids is 1. The van der Waals surface area contributed by atoms with E-state index in [9.17, 15) is 14.4 Å². The number of benzene rings is 1. The summed E-state index contributed by atoms with van der Waals surface area (Å²) >= 11 is 0. The molecule has 132 valence electrons. The molecular formula is C18H20FN3O2S. The molecule has 2 N–H and O–H groups in total. The fourth-order valence-corrected chi connectivity index (χ4v) is 3.76. The number of nitrogens with one attached hydrogen (secondary N) is 1. The molecule has 7 heteroatoms. The molecule has 5 nitrogen and oxygen atoms in total. The van der Waals surface area contributed by atoms with Crippen molar-refractivity contribution in [3.05, 3.63) is 58.4 Å². The molecule has 2 aliphatic rings. The highest BCUT2D eigenvalue weighted by atomic mass is 32.1. The monoisotopic (exact) mass is 361 g/mol. The van der Waals surface area contributed by atoms with E-state index >= 15 is 0 Å². The molecule has 2 aromatic rings. The Morgan fingerprint density at radius 1 is 1.36 bits per heavy atom. The number of rotatable bonds is 3. The molecule has 4 rings (SSSR count). The van der Waals surface area contributed by atoms with Crippen molar-refractivity contribution in [1.82, 2.24) is 15.4 Å². The van der Waals surface area contributed by atoms with Gasteiger partial charge in [0.1, 0.15) is 17.1 Å². The maximum Gasteiger partial charge on any atom is 0.258 e. The maximum atomic E-state index is 14.1. The van der Waals surface area contributed by atoms with Crippen LogP contribution in [0.1, 0.15) is 53.4 Å². The molecule has 2 aliphatic carbocycles. The molecule has 1 atom stereocenters. The fourth-order valence-electron chi connectivity index (χ4n) is 3.76. The average Bonchev–Trinajstić information content (AvgIpc) is 3.38. The van der Waals surface area contributed by atoms with Gasteiger partial charge in [0, 0.05) is 23.4 Å². The van der Waals surface area contributed by atoms with E-state index in [1.165, 1.54) is 6.07 Å². The Kier molecular flexibility index (Phi) is 4.55. The van der Waals surface area contributed by atoms with Gasteiger partial charge in [-0.1, -0.05) is 12.1 Å². The van der Waals surface area contributed by atoms with Crippen molar-refractivity contribution in [2.75, 3.05) is 0 Å². The molecule has 1 aromatic carbocycles. The summed E-state index contributed by atoms with van der Waals surface area (Å²) < 4.78 is 14.1. The third-order valence-corrected chi connectivity index (χ3v) is 5.24. The van der Waals surface area contributed by atoms with Crippen LogP contribution in [0, 0.1) is 12.7 Å². The summed E-state index contributed by atoms with van der Waals surface area (Å²) in [6.07, 6.45) is 4.92. The van der Waals surface area contributed by atoms with Crippen LogP contribution in [0.4, 0.5) is 4.39 Å². The van der Waals surface area contributed by atoms with Crippen LogP contribution in [0.2, 0.25) is 0 Å². The van der Waals surface area contributed by atoms with Crippen molar-refractivity contribution in [2.45, 2.75) is 43.9 Å². The van der Waals surface area contributed by atoms with Gasteiger partial charge in [-0.2, -0.15) is 13.5 Å². The van der Waals surface area contributed by atoms with Gasteiger partial charge in [-0.25, -0.2) is 19.8 Å². The van der Waals surface area contributed by atoms with Gasteiger partial charge in [0.15, 0.2) is 0 Å². The summed E-state index contributed by atoms with van der Waals surface area (Å²) in [6, 6.07) is 4.69. The second kappa shape index (κ2) is 6.38. The molecule has 0 aliphatic heterocycles. The van der Waals surface area contributed by atoms with Gasteiger partial charge in [0.25, 0.3) is 5.91 Å². The van der Waals surface area contributed by atoms with Crippen molar-refractivity contribution in [3.63, 3.8) is 0 Å². The van der Waals surface area contributed by atoms with Crippen LogP contribution in [0.3, 0.4) is 0 Å². The number of fused-ring (bicyclic) bond motifs is 1. The molecule has 0 bridgehead atoms. The predicted octanol–water partition coefficient (Wildman–Crippen LogP) is 2.65. The SMILES string of the molecule is Cc1c(F)cccc1[C@@]1(C(=O)NO)CCc2nc(C3CC3)ncc21.S. The number of carbonyl (C=O) groups is 1. The first-order chi connectivity index (χ1) is 11.6. The minimum atomic E-state index is -1.15. The predicted molar refractivity (Wildman–Crippen MR) is 94.6 cm³/mol. The summed E-state index contributed by atoms with van der Waals surface area (Å²) in [5.74, 6) is 0.303. The van der Waals surface area contributed by atoms with Gasteiger partial charge in [-0.15, -0.1) is 0 Å². The van der Waals surface area contributed by atoms with Gasteiger partial charge in [0.05, 0.1) is 0 Å². The summed E-state index contributed by atoms with van der Waals surface area (Å²) in [5, 5.41) is 9.33. The van der Waals surface area contributed by atoms with Crippen molar-refractivity contribution < 1.29 is 14.4 Å². The Bertz CT molecular complexity index is 841. The lowest BCUT2D eigenvalue weighted by Gasteiger charge is -2.29. The molecule has 1 saturated carbocycles. The van der Waals surface area contributed by atoms with Gasteiger partial charge < -0.3 is 0 Å². The maximum absolute atomic E-state index is 14.1. The standard InChI is InChI=1S/C18H18FN3O2.H2S/c1-10-12(3-2-4-14(10)19)18(17(23)22-24)8-7-15-13(18)9-20-16(21-15)11-5-6-11;/h2-4,9,11,24H,5-8H2,1H3,(H,22,23);1H2/t18-;/m0./s1. The first-order valence-corrected chi connectivity index (χ1v) is 8.14. The van der Waals surface area contributed by atoms with E-state index in [1.54, 1.807) is 30.7 Å². The van der Waals surface area contributed by atoms with Gasteiger partial charge in [0.2, 0.25) is 0 Å². The number of hydrogen-bond acceptors (Lipinski definition) is 4. The molecule has 0 unspecified atom stereocenters. The lowest BCUT2D eigenvalue weighted by molar-refractivity contribution is -0.133. The highest BCUT2D eigenvalue weighted by Crippen LogP contribution is 2.46. The summed E-state index contributed by atoms with van der Waals surface area (Å²) in [4.78, 5) is 21.7. The van der Waals surface area contributed by atoms with Gasteiger partial charge in [-0.05, 0) is 49.8 Å². The topological polar surface area (TPSA) is 75.1 Å². The molecule has 0 spiro atoms. The Morgan fingerprint density at radius 2 is 2.12 bits per heavy atom. The van der Waals surface area contributed by atoms with Crippen LogP contribution < -0.4 is 5.48 Å². The third kappa shape index (κ3) is 2.62. The molecule has 25 heavy (non-hydrogen) atoms. The van der Waals surface area contributed by atoms with Crippen LogP contribution in [-0.2, 0) is 16.6 Å². The number of amides is 1. The molecule has 0 saturated heterocycles. The van der Waals surface area contributed by atoms with Gasteiger partial charge >= 0.3 is 0 Å². The zero-order valence-corrected chi connectivity index (χ0v) is 14.8. The van der Waals surface area contributed by atoms with E-state index in [-0.39, 0.29) is 19.3 Å². The number of aryl methyl sites for hydroxylation is 1. The Balaban J connectivity index is 0.00000182. The molecule has 0 radical (unpaired) electrons. The van der Waals surface area contributed by atoms with Crippen molar-refractivity contribution >= 4 is 19.4 Å². The summed E-state index contributed by atoms with van der Waals surface area (Å²) in [7, 11) is 0.